The van der Waals surface area contributed by atoms with E-state index in [4.69, 9.17) is 0 Å². The van der Waals surface area contributed by atoms with Crippen LogP contribution >= 0.6 is 11.3 Å². The Bertz CT molecular complexity index is 671. The lowest BCUT2D eigenvalue weighted by Gasteiger charge is -2.09. The van der Waals surface area contributed by atoms with Crippen molar-refractivity contribution in [3.63, 3.8) is 0 Å². The van der Waals surface area contributed by atoms with Crippen LogP contribution in [0.4, 0.5) is 0 Å². The summed E-state index contributed by atoms with van der Waals surface area (Å²) in [5, 5.41) is 7.60. The zero-order chi connectivity index (χ0) is 13.8. The molecule has 3 nitrogen and oxygen atoms in total. The van der Waals surface area contributed by atoms with Crippen molar-refractivity contribution in [1.82, 2.24) is 14.9 Å². The summed E-state index contributed by atoms with van der Waals surface area (Å²) in [5.41, 5.74) is 4.78. The van der Waals surface area contributed by atoms with Gasteiger partial charge in [0.25, 0.3) is 0 Å². The van der Waals surface area contributed by atoms with Crippen molar-refractivity contribution < 1.29 is 0 Å². The zero-order valence-electron chi connectivity index (χ0n) is 11.4. The summed E-state index contributed by atoms with van der Waals surface area (Å²) < 4.78 is 2.14. The topological polar surface area (TPSA) is 29.9 Å². The van der Waals surface area contributed by atoms with Crippen molar-refractivity contribution in [3.8, 4) is 16.9 Å². The van der Waals surface area contributed by atoms with Gasteiger partial charge in [-0.25, -0.2) is 4.98 Å². The van der Waals surface area contributed by atoms with Gasteiger partial charge in [-0.1, -0.05) is 19.1 Å². The maximum atomic E-state index is 4.30. The Morgan fingerprint density at radius 2 is 2.25 bits per heavy atom. The molecule has 20 heavy (non-hydrogen) atoms. The largest absolute Gasteiger partial charge is 0.313 e. The Labute approximate surface area is 122 Å². The van der Waals surface area contributed by atoms with Crippen LogP contribution in [0.3, 0.4) is 0 Å². The number of aromatic nitrogens is 2. The van der Waals surface area contributed by atoms with Gasteiger partial charge >= 0.3 is 0 Å². The average molecular weight is 283 g/mol. The summed E-state index contributed by atoms with van der Waals surface area (Å²) in [6, 6.07) is 10.7. The van der Waals surface area contributed by atoms with E-state index in [0.717, 1.165) is 24.5 Å². The van der Waals surface area contributed by atoms with Crippen LogP contribution in [0.25, 0.3) is 16.9 Å². The Balaban J connectivity index is 1.96. The molecule has 2 heterocycles. The molecule has 2 aromatic heterocycles. The summed E-state index contributed by atoms with van der Waals surface area (Å²) in [6.07, 6.45) is 3.79. The van der Waals surface area contributed by atoms with E-state index in [0.29, 0.717) is 0 Å². The van der Waals surface area contributed by atoms with E-state index in [1.807, 2.05) is 12.5 Å². The summed E-state index contributed by atoms with van der Waals surface area (Å²) >= 11 is 1.70. The Hall–Kier alpha value is -1.91. The van der Waals surface area contributed by atoms with Gasteiger partial charge in [-0.15, -0.1) is 0 Å². The van der Waals surface area contributed by atoms with Gasteiger partial charge < -0.3 is 5.32 Å². The molecule has 0 aliphatic heterocycles. The van der Waals surface area contributed by atoms with Gasteiger partial charge in [0.15, 0.2) is 0 Å². The molecule has 4 heteroatoms. The Kier molecular flexibility index (Phi) is 3.95. The van der Waals surface area contributed by atoms with Crippen molar-refractivity contribution in [3.05, 3.63) is 59.2 Å². The first kappa shape index (κ1) is 13.1. The van der Waals surface area contributed by atoms with Crippen LogP contribution < -0.4 is 5.32 Å². The third kappa shape index (κ3) is 2.66. The predicted molar refractivity (Wildman–Crippen MR) is 84.3 cm³/mol. The van der Waals surface area contributed by atoms with Crippen molar-refractivity contribution in [2.75, 3.05) is 6.54 Å². The maximum absolute atomic E-state index is 4.30. The first-order valence-corrected chi connectivity index (χ1v) is 7.67. The fourth-order valence-electron chi connectivity index (χ4n) is 2.21. The molecule has 0 aliphatic carbocycles. The molecule has 1 N–H and O–H groups in total. The number of thiophene rings is 1. The molecule has 0 aliphatic rings. The number of rotatable bonds is 5. The standard InChI is InChI=1S/C16H17N3S/c1-2-17-9-13-4-3-5-15(8-13)19-12-18-10-16(19)14-6-7-20-11-14/h3-8,10-12,17H,2,9H2,1H3. The van der Waals surface area contributed by atoms with Crippen molar-refractivity contribution in [1.29, 1.82) is 0 Å². The quantitative estimate of drug-likeness (QED) is 0.773. The van der Waals surface area contributed by atoms with Gasteiger partial charge in [-0.2, -0.15) is 11.3 Å². The lowest BCUT2D eigenvalue weighted by molar-refractivity contribution is 0.726. The second-order valence-corrected chi connectivity index (χ2v) is 5.39. The average Bonchev–Trinajstić information content (AvgIpc) is 3.15. The Morgan fingerprint density at radius 1 is 1.30 bits per heavy atom. The second-order valence-electron chi connectivity index (χ2n) is 4.61. The monoisotopic (exact) mass is 283 g/mol. The molecule has 102 valence electrons. The van der Waals surface area contributed by atoms with Crippen LogP contribution in [0.1, 0.15) is 12.5 Å². The summed E-state index contributed by atoms with van der Waals surface area (Å²) in [7, 11) is 0. The predicted octanol–water partition coefficient (Wildman–Crippen LogP) is 3.71. The molecule has 0 unspecified atom stereocenters. The van der Waals surface area contributed by atoms with Gasteiger partial charge in [-0.3, -0.25) is 4.57 Å². The van der Waals surface area contributed by atoms with Crippen molar-refractivity contribution in [2.24, 2.45) is 0 Å². The van der Waals surface area contributed by atoms with Crippen molar-refractivity contribution in [2.45, 2.75) is 13.5 Å². The third-order valence-electron chi connectivity index (χ3n) is 3.22. The molecule has 0 radical (unpaired) electrons. The van der Waals surface area contributed by atoms with E-state index in [2.05, 4.69) is 62.9 Å². The molecular weight excluding hydrogens is 266 g/mol. The van der Waals surface area contributed by atoms with Gasteiger partial charge in [0.2, 0.25) is 0 Å². The first-order chi connectivity index (χ1) is 9.88. The molecule has 0 bridgehead atoms. The number of benzene rings is 1. The number of hydrogen-bond donors (Lipinski definition) is 1. The number of nitrogens with one attached hydrogen (secondary N) is 1. The van der Waals surface area contributed by atoms with E-state index in [9.17, 15) is 0 Å². The van der Waals surface area contributed by atoms with Gasteiger partial charge in [0, 0.05) is 23.2 Å². The highest BCUT2D eigenvalue weighted by Crippen LogP contribution is 2.25. The maximum Gasteiger partial charge on any atom is 0.0997 e. The minimum Gasteiger partial charge on any atom is -0.313 e. The first-order valence-electron chi connectivity index (χ1n) is 6.73. The normalized spacial score (nSPS) is 10.8. The molecule has 0 spiro atoms. The van der Waals surface area contributed by atoms with Crippen LogP contribution in [0.15, 0.2) is 53.6 Å². The summed E-state index contributed by atoms with van der Waals surface area (Å²) in [5.74, 6) is 0. The van der Waals surface area contributed by atoms with Crippen LogP contribution in [0.5, 0.6) is 0 Å². The number of imidazole rings is 1. The van der Waals surface area contributed by atoms with E-state index in [-0.39, 0.29) is 0 Å². The lowest BCUT2D eigenvalue weighted by atomic mass is 10.2. The van der Waals surface area contributed by atoms with Crippen LogP contribution in [-0.4, -0.2) is 16.1 Å². The van der Waals surface area contributed by atoms with E-state index < -0.39 is 0 Å². The second kappa shape index (κ2) is 6.03. The van der Waals surface area contributed by atoms with E-state index in [1.54, 1.807) is 11.3 Å². The minimum atomic E-state index is 0.896. The van der Waals surface area contributed by atoms with Crippen molar-refractivity contribution >= 4 is 11.3 Å². The number of nitrogens with zero attached hydrogens (tertiary/aromatic N) is 2. The molecule has 0 fully saturated rings. The van der Waals surface area contributed by atoms with E-state index >= 15 is 0 Å². The fraction of sp³-hybridized carbons (Fsp3) is 0.188. The third-order valence-corrected chi connectivity index (χ3v) is 3.91. The SMILES string of the molecule is CCNCc1cccc(-n2cncc2-c2ccsc2)c1. The van der Waals surface area contributed by atoms with Crippen LogP contribution in [0.2, 0.25) is 0 Å². The number of hydrogen-bond acceptors (Lipinski definition) is 3. The Morgan fingerprint density at radius 3 is 3.05 bits per heavy atom. The van der Waals surface area contributed by atoms with Crippen LogP contribution in [0, 0.1) is 0 Å². The lowest BCUT2D eigenvalue weighted by Crippen LogP contribution is -2.11. The summed E-state index contributed by atoms with van der Waals surface area (Å²) in [6.45, 7) is 4.00. The van der Waals surface area contributed by atoms with Gasteiger partial charge in [0.05, 0.1) is 18.2 Å². The molecule has 3 rings (SSSR count). The molecule has 0 saturated heterocycles. The molecule has 1 aromatic carbocycles. The van der Waals surface area contributed by atoms with Crippen LogP contribution in [-0.2, 0) is 6.54 Å². The molecule has 0 atom stereocenters. The molecule has 0 saturated carbocycles. The molecule has 3 aromatic rings. The molecule has 0 amide bonds. The minimum absolute atomic E-state index is 0.896. The van der Waals surface area contributed by atoms with E-state index in [1.165, 1.54) is 11.1 Å². The van der Waals surface area contributed by atoms with Gasteiger partial charge in [0.1, 0.15) is 0 Å². The smallest absolute Gasteiger partial charge is 0.0997 e. The fourth-order valence-corrected chi connectivity index (χ4v) is 2.86. The highest BCUT2D eigenvalue weighted by atomic mass is 32.1. The molecular formula is C16H17N3S. The summed E-state index contributed by atoms with van der Waals surface area (Å²) in [4.78, 5) is 4.30. The van der Waals surface area contributed by atoms with Gasteiger partial charge in [-0.05, 0) is 35.7 Å². The highest BCUT2D eigenvalue weighted by molar-refractivity contribution is 7.08. The highest BCUT2D eigenvalue weighted by Gasteiger charge is 2.07. The zero-order valence-corrected chi connectivity index (χ0v) is 12.2.